The molecule has 0 amide bonds. The first kappa shape index (κ1) is 19.3. The second-order valence-corrected chi connectivity index (χ2v) is 7.02. The smallest absolute Gasteiger partial charge is 0.252 e. The van der Waals surface area contributed by atoms with Gasteiger partial charge in [-0.3, -0.25) is 9.55 Å². The minimum atomic E-state index is -1.75. The van der Waals surface area contributed by atoms with Crippen molar-refractivity contribution in [3.63, 3.8) is 0 Å². The highest BCUT2D eigenvalue weighted by Gasteiger charge is 2.25. The van der Waals surface area contributed by atoms with Gasteiger partial charge in [0, 0.05) is 28.7 Å². The number of aromatic nitrogens is 5. The van der Waals surface area contributed by atoms with Crippen LogP contribution in [-0.4, -0.2) is 24.7 Å². The first-order valence-corrected chi connectivity index (χ1v) is 9.14. The molecule has 0 aliphatic heterocycles. The summed E-state index contributed by atoms with van der Waals surface area (Å²) in [6.07, 6.45) is 3.08. The Balaban J connectivity index is 1.89. The van der Waals surface area contributed by atoms with E-state index in [0.717, 1.165) is 0 Å². The predicted molar refractivity (Wildman–Crippen MR) is 97.8 cm³/mol. The second kappa shape index (κ2) is 7.80. The van der Waals surface area contributed by atoms with Crippen molar-refractivity contribution in [2.45, 2.75) is 10.1 Å². The number of hydrogen-bond acceptors (Lipinski definition) is 5. The van der Waals surface area contributed by atoms with Crippen LogP contribution in [0.2, 0.25) is 5.02 Å². The monoisotopic (exact) mass is 437 g/mol. The lowest BCUT2D eigenvalue weighted by Gasteiger charge is -2.11. The highest BCUT2D eigenvalue weighted by molar-refractivity contribution is 7.99. The van der Waals surface area contributed by atoms with Crippen LogP contribution in [0.15, 0.2) is 58.8 Å². The summed E-state index contributed by atoms with van der Waals surface area (Å²) in [4.78, 5) is 5.57. The zero-order valence-electron chi connectivity index (χ0n) is 14.2. The number of halogens is 5. The molecule has 3 aromatic heterocycles. The van der Waals surface area contributed by atoms with Gasteiger partial charge in [0.1, 0.15) is 0 Å². The molecule has 0 saturated carbocycles. The lowest BCUT2D eigenvalue weighted by molar-refractivity contribution is 0.383. The van der Waals surface area contributed by atoms with Crippen LogP contribution in [-0.2, 0) is 0 Å². The Kier molecular flexibility index (Phi) is 5.20. The van der Waals surface area contributed by atoms with Crippen molar-refractivity contribution in [1.82, 2.24) is 24.7 Å². The van der Waals surface area contributed by atoms with Crippen LogP contribution in [0.3, 0.4) is 0 Å². The Morgan fingerprint density at radius 1 is 0.828 bits per heavy atom. The van der Waals surface area contributed by atoms with Crippen molar-refractivity contribution < 1.29 is 17.6 Å². The topological polar surface area (TPSA) is 56.5 Å². The standard InChI is InChI=1S/C18H8ClF4N5S/c19-10-1-3-11(4-2-10)28-17(9-5-7-24-8-6-9)26-27-18(28)29-14-12(20)15(22)25-16(23)13(14)21/h1-8H. The average molecular weight is 438 g/mol. The maximum Gasteiger partial charge on any atom is 0.252 e. The van der Waals surface area contributed by atoms with E-state index in [-0.39, 0.29) is 5.16 Å². The molecule has 0 radical (unpaired) electrons. The van der Waals surface area contributed by atoms with Gasteiger partial charge in [0.2, 0.25) is 5.16 Å². The molecule has 146 valence electrons. The van der Waals surface area contributed by atoms with Crippen molar-refractivity contribution in [2.24, 2.45) is 0 Å². The molecule has 29 heavy (non-hydrogen) atoms. The van der Waals surface area contributed by atoms with Crippen LogP contribution in [0.5, 0.6) is 0 Å². The fourth-order valence-electron chi connectivity index (χ4n) is 2.50. The summed E-state index contributed by atoms with van der Waals surface area (Å²) >= 11 is 6.31. The molecule has 0 spiro atoms. The third-order valence-corrected chi connectivity index (χ3v) is 5.07. The van der Waals surface area contributed by atoms with Crippen molar-refractivity contribution in [3.8, 4) is 17.1 Å². The van der Waals surface area contributed by atoms with Gasteiger partial charge in [0.15, 0.2) is 17.5 Å². The van der Waals surface area contributed by atoms with Crippen LogP contribution in [0.25, 0.3) is 17.1 Å². The normalized spacial score (nSPS) is 11.1. The molecule has 3 heterocycles. The molecule has 0 N–H and O–H groups in total. The van der Waals surface area contributed by atoms with Gasteiger partial charge < -0.3 is 0 Å². The van der Waals surface area contributed by atoms with Gasteiger partial charge >= 0.3 is 0 Å². The van der Waals surface area contributed by atoms with Crippen molar-refractivity contribution in [2.75, 3.05) is 0 Å². The molecule has 0 fully saturated rings. The van der Waals surface area contributed by atoms with Crippen molar-refractivity contribution in [1.29, 1.82) is 0 Å². The van der Waals surface area contributed by atoms with Gasteiger partial charge in [-0.2, -0.15) is 13.8 Å². The number of benzene rings is 1. The SMILES string of the molecule is Fc1nc(F)c(F)c(Sc2nnc(-c3ccncc3)n2-c2ccc(Cl)cc2)c1F. The van der Waals surface area contributed by atoms with Crippen molar-refractivity contribution in [3.05, 3.63) is 77.3 Å². The summed E-state index contributed by atoms with van der Waals surface area (Å²) in [6, 6.07) is 9.82. The van der Waals surface area contributed by atoms with E-state index in [0.29, 0.717) is 33.9 Å². The Hall–Kier alpha value is -2.98. The zero-order chi connectivity index (χ0) is 20.5. The fraction of sp³-hybridized carbons (Fsp3) is 0. The Labute approximate surface area is 170 Å². The van der Waals surface area contributed by atoms with Crippen LogP contribution in [0, 0.1) is 23.5 Å². The number of pyridine rings is 2. The van der Waals surface area contributed by atoms with E-state index >= 15 is 0 Å². The van der Waals surface area contributed by atoms with Crippen molar-refractivity contribution >= 4 is 23.4 Å². The third kappa shape index (κ3) is 3.68. The largest absolute Gasteiger partial charge is 0.270 e. The molecular weight excluding hydrogens is 430 g/mol. The minimum Gasteiger partial charge on any atom is -0.270 e. The van der Waals surface area contributed by atoms with E-state index in [2.05, 4.69) is 20.2 Å². The van der Waals surface area contributed by atoms with E-state index < -0.39 is 28.4 Å². The van der Waals surface area contributed by atoms with Crippen LogP contribution < -0.4 is 0 Å². The molecule has 11 heteroatoms. The molecule has 1 aromatic carbocycles. The predicted octanol–water partition coefficient (Wildman–Crippen LogP) is 5.09. The fourth-order valence-corrected chi connectivity index (χ4v) is 3.52. The third-order valence-electron chi connectivity index (χ3n) is 3.81. The van der Waals surface area contributed by atoms with Gasteiger partial charge in [-0.15, -0.1) is 10.2 Å². The average Bonchev–Trinajstić information content (AvgIpc) is 3.14. The molecule has 0 unspecified atom stereocenters. The Bertz CT molecular complexity index is 1160. The Morgan fingerprint density at radius 3 is 2.07 bits per heavy atom. The van der Waals surface area contributed by atoms with E-state index in [1.807, 2.05) is 0 Å². The van der Waals surface area contributed by atoms with Gasteiger partial charge in [0.25, 0.3) is 11.9 Å². The summed E-state index contributed by atoms with van der Waals surface area (Å²) in [6.45, 7) is 0. The van der Waals surface area contributed by atoms with Gasteiger partial charge in [-0.25, -0.2) is 8.78 Å². The summed E-state index contributed by atoms with van der Waals surface area (Å²) in [5.41, 5.74) is 1.13. The molecule has 0 aliphatic carbocycles. The van der Waals surface area contributed by atoms with Crippen LogP contribution >= 0.6 is 23.4 Å². The highest BCUT2D eigenvalue weighted by atomic mass is 35.5. The lowest BCUT2D eigenvalue weighted by Crippen LogP contribution is -2.04. The lowest BCUT2D eigenvalue weighted by atomic mass is 10.2. The van der Waals surface area contributed by atoms with Crippen LogP contribution in [0.1, 0.15) is 0 Å². The number of nitrogens with zero attached hydrogens (tertiary/aromatic N) is 5. The molecule has 0 bridgehead atoms. The van der Waals surface area contributed by atoms with Crippen LogP contribution in [0.4, 0.5) is 17.6 Å². The first-order chi connectivity index (χ1) is 14.0. The molecule has 0 aliphatic rings. The van der Waals surface area contributed by atoms with Gasteiger partial charge in [-0.05, 0) is 48.2 Å². The Morgan fingerprint density at radius 2 is 1.45 bits per heavy atom. The van der Waals surface area contributed by atoms with E-state index in [4.69, 9.17) is 11.6 Å². The second-order valence-electron chi connectivity index (χ2n) is 5.61. The molecule has 4 aromatic rings. The number of hydrogen-bond donors (Lipinski definition) is 0. The summed E-state index contributed by atoms with van der Waals surface area (Å²) in [5, 5.41) is 8.46. The quantitative estimate of drug-likeness (QED) is 0.329. The summed E-state index contributed by atoms with van der Waals surface area (Å²) in [7, 11) is 0. The number of rotatable bonds is 4. The molecular formula is C18H8ClF4N5S. The van der Waals surface area contributed by atoms with E-state index in [9.17, 15) is 17.6 Å². The first-order valence-electron chi connectivity index (χ1n) is 7.95. The molecule has 5 nitrogen and oxygen atoms in total. The minimum absolute atomic E-state index is 0.0260. The summed E-state index contributed by atoms with van der Waals surface area (Å²) in [5.74, 6) is -6.42. The van der Waals surface area contributed by atoms with Gasteiger partial charge in [-0.1, -0.05) is 11.6 Å². The highest BCUT2D eigenvalue weighted by Crippen LogP contribution is 2.36. The summed E-state index contributed by atoms with van der Waals surface area (Å²) < 4.78 is 56.7. The molecule has 0 saturated heterocycles. The van der Waals surface area contributed by atoms with E-state index in [1.54, 1.807) is 36.4 Å². The van der Waals surface area contributed by atoms with Gasteiger partial charge in [0.05, 0.1) is 4.90 Å². The van der Waals surface area contributed by atoms with E-state index in [1.165, 1.54) is 17.0 Å². The molecule has 0 atom stereocenters. The zero-order valence-corrected chi connectivity index (χ0v) is 15.7. The maximum atomic E-state index is 14.1. The maximum absolute atomic E-state index is 14.1. The molecule has 4 rings (SSSR count).